The van der Waals surface area contributed by atoms with Crippen molar-refractivity contribution in [3.8, 4) is 34.5 Å². The molecule has 2 N–H and O–H groups in total. The molecule has 0 aliphatic carbocycles. The number of hydrogen-bond donors (Lipinski definition) is 2. The third-order valence-corrected chi connectivity index (χ3v) is 5.50. The fraction of sp³-hybridized carbons (Fsp3) is 0.435. The molecule has 0 aliphatic rings. The molecule has 0 fully saturated rings. The smallest absolute Gasteiger partial charge is 0.276 e. The van der Waals surface area contributed by atoms with Gasteiger partial charge in [-0.05, 0) is 37.5 Å². The van der Waals surface area contributed by atoms with Crippen molar-refractivity contribution in [3.63, 3.8) is 0 Å². The normalized spacial score (nSPS) is 12.2. The molecule has 2 aromatic heterocycles. The summed E-state index contributed by atoms with van der Waals surface area (Å²) in [5.74, 6) is 2.06. The summed E-state index contributed by atoms with van der Waals surface area (Å²) >= 11 is 6.38. The van der Waals surface area contributed by atoms with Crippen molar-refractivity contribution in [3.05, 3.63) is 40.5 Å². The van der Waals surface area contributed by atoms with Gasteiger partial charge in [-0.15, -0.1) is 0 Å². The number of hydrogen-bond acceptors (Lipinski definition) is 8. The Bertz CT molecular complexity index is 1030. The van der Waals surface area contributed by atoms with E-state index in [1.807, 2.05) is 19.1 Å². The molecule has 1 atom stereocenters. The van der Waals surface area contributed by atoms with Gasteiger partial charge in [0.25, 0.3) is 5.89 Å². The van der Waals surface area contributed by atoms with Crippen LogP contribution in [-0.4, -0.2) is 51.8 Å². The van der Waals surface area contributed by atoms with E-state index < -0.39 is 12.7 Å². The molecule has 0 aliphatic heterocycles. The highest BCUT2D eigenvalue weighted by Gasteiger charge is 2.19. The number of aliphatic hydroxyl groups is 2. The second kappa shape index (κ2) is 10.8. The minimum Gasteiger partial charge on any atom is -0.497 e. The molecule has 9 heteroatoms. The predicted octanol–water partition coefficient (Wildman–Crippen LogP) is 4.40. The van der Waals surface area contributed by atoms with Crippen molar-refractivity contribution in [2.45, 2.75) is 45.6 Å². The summed E-state index contributed by atoms with van der Waals surface area (Å²) in [4.78, 5) is 9.24. The van der Waals surface area contributed by atoms with Crippen LogP contribution < -0.4 is 9.47 Å². The van der Waals surface area contributed by atoms with Gasteiger partial charge in [-0.2, -0.15) is 4.98 Å². The lowest BCUT2D eigenvalue weighted by atomic mass is 9.98. The van der Waals surface area contributed by atoms with Crippen molar-refractivity contribution in [2.24, 2.45) is 0 Å². The SMILES string of the molecule is CCC(CC)c1cc(OC)cc(-c2nc(-c3cc(C)c(OC[C@@H](O)CO)c(Cl)c3)no2)n1. The monoisotopic (exact) mass is 461 g/mol. The summed E-state index contributed by atoms with van der Waals surface area (Å²) in [5.41, 5.74) is 2.86. The van der Waals surface area contributed by atoms with E-state index in [-0.39, 0.29) is 12.5 Å². The first-order valence-electron chi connectivity index (χ1n) is 10.5. The Morgan fingerprint density at radius 1 is 1.12 bits per heavy atom. The van der Waals surface area contributed by atoms with Crippen molar-refractivity contribution < 1.29 is 24.2 Å². The van der Waals surface area contributed by atoms with E-state index in [0.29, 0.717) is 39.5 Å². The van der Waals surface area contributed by atoms with E-state index in [2.05, 4.69) is 24.0 Å². The molecule has 0 amide bonds. The van der Waals surface area contributed by atoms with E-state index in [4.69, 9.17) is 35.7 Å². The summed E-state index contributed by atoms with van der Waals surface area (Å²) < 4.78 is 16.5. The highest BCUT2D eigenvalue weighted by Crippen LogP contribution is 2.34. The van der Waals surface area contributed by atoms with E-state index in [9.17, 15) is 5.11 Å². The van der Waals surface area contributed by atoms with Gasteiger partial charge in [-0.1, -0.05) is 30.6 Å². The number of aliphatic hydroxyl groups excluding tert-OH is 2. The molecule has 1 aromatic carbocycles. The molecule has 0 radical (unpaired) electrons. The van der Waals surface area contributed by atoms with Crippen LogP contribution in [0.3, 0.4) is 0 Å². The summed E-state index contributed by atoms with van der Waals surface area (Å²) in [6.07, 6.45) is 0.949. The van der Waals surface area contributed by atoms with Crippen molar-refractivity contribution in [1.82, 2.24) is 15.1 Å². The molecule has 0 saturated carbocycles. The van der Waals surface area contributed by atoms with Crippen LogP contribution in [-0.2, 0) is 0 Å². The Kier molecular flexibility index (Phi) is 8.06. The number of halogens is 1. The lowest BCUT2D eigenvalue weighted by Crippen LogP contribution is -2.21. The molecule has 8 nitrogen and oxygen atoms in total. The van der Waals surface area contributed by atoms with Crippen molar-refractivity contribution in [2.75, 3.05) is 20.3 Å². The maximum absolute atomic E-state index is 9.50. The zero-order valence-corrected chi connectivity index (χ0v) is 19.4. The maximum Gasteiger partial charge on any atom is 0.276 e. The summed E-state index contributed by atoms with van der Waals surface area (Å²) in [7, 11) is 1.61. The number of nitrogens with zero attached hydrogens (tertiary/aromatic N) is 3. The largest absolute Gasteiger partial charge is 0.497 e. The average Bonchev–Trinajstić information content (AvgIpc) is 3.29. The van der Waals surface area contributed by atoms with E-state index in [0.717, 1.165) is 24.1 Å². The van der Waals surface area contributed by atoms with Crippen molar-refractivity contribution >= 4 is 11.6 Å². The van der Waals surface area contributed by atoms with Gasteiger partial charge in [0.15, 0.2) is 0 Å². The van der Waals surface area contributed by atoms with Crippen LogP contribution in [0.5, 0.6) is 11.5 Å². The minimum atomic E-state index is -0.981. The predicted molar refractivity (Wildman–Crippen MR) is 121 cm³/mol. The molecule has 0 bridgehead atoms. The molecule has 2 heterocycles. The van der Waals surface area contributed by atoms with Gasteiger partial charge in [0.05, 0.1) is 18.7 Å². The fourth-order valence-electron chi connectivity index (χ4n) is 3.39. The first kappa shape index (κ1) is 24.0. The molecule has 3 rings (SSSR count). The first-order chi connectivity index (χ1) is 15.4. The molecule has 172 valence electrons. The number of benzene rings is 1. The number of pyridine rings is 1. The molecular formula is C23H28ClN3O5. The molecule has 0 spiro atoms. The molecule has 0 unspecified atom stereocenters. The van der Waals surface area contributed by atoms with Crippen LogP contribution in [0.15, 0.2) is 28.8 Å². The summed E-state index contributed by atoms with van der Waals surface area (Å²) in [6.45, 7) is 5.62. The second-order valence-electron chi connectivity index (χ2n) is 7.51. The van der Waals surface area contributed by atoms with E-state index >= 15 is 0 Å². The zero-order chi connectivity index (χ0) is 23.3. The van der Waals surface area contributed by atoms with Crippen LogP contribution >= 0.6 is 11.6 Å². The number of aryl methyl sites for hydroxylation is 1. The minimum absolute atomic E-state index is 0.0663. The van der Waals surface area contributed by atoms with Gasteiger partial charge >= 0.3 is 0 Å². The van der Waals surface area contributed by atoms with Gasteiger partial charge in [0.1, 0.15) is 29.9 Å². The highest BCUT2D eigenvalue weighted by molar-refractivity contribution is 6.32. The first-order valence-corrected chi connectivity index (χ1v) is 10.9. The third kappa shape index (κ3) is 5.38. The molecule has 32 heavy (non-hydrogen) atoms. The number of ether oxygens (including phenoxy) is 2. The quantitative estimate of drug-likeness (QED) is 0.457. The van der Waals surface area contributed by atoms with Crippen LogP contribution in [0.2, 0.25) is 5.02 Å². The third-order valence-electron chi connectivity index (χ3n) is 5.22. The van der Waals surface area contributed by atoms with Gasteiger partial charge < -0.3 is 24.2 Å². The molecule has 3 aromatic rings. The number of aromatic nitrogens is 3. The van der Waals surface area contributed by atoms with Crippen LogP contribution in [0.4, 0.5) is 0 Å². The van der Waals surface area contributed by atoms with Gasteiger partial charge in [0, 0.05) is 29.3 Å². The Hall–Kier alpha value is -2.68. The van der Waals surface area contributed by atoms with Gasteiger partial charge in [-0.25, -0.2) is 4.98 Å². The van der Waals surface area contributed by atoms with Crippen molar-refractivity contribution in [1.29, 1.82) is 0 Å². The summed E-state index contributed by atoms with van der Waals surface area (Å²) in [6, 6.07) is 7.19. The highest BCUT2D eigenvalue weighted by atomic mass is 35.5. The van der Waals surface area contributed by atoms with Gasteiger partial charge in [-0.3, -0.25) is 0 Å². The van der Waals surface area contributed by atoms with Crippen LogP contribution in [0, 0.1) is 6.92 Å². The lowest BCUT2D eigenvalue weighted by Gasteiger charge is -2.14. The Labute approximate surface area is 192 Å². The molecule has 0 saturated heterocycles. The molecular weight excluding hydrogens is 434 g/mol. The number of methoxy groups -OCH3 is 1. The Morgan fingerprint density at radius 3 is 2.50 bits per heavy atom. The topological polar surface area (TPSA) is 111 Å². The Morgan fingerprint density at radius 2 is 1.88 bits per heavy atom. The fourth-order valence-corrected chi connectivity index (χ4v) is 3.71. The maximum atomic E-state index is 9.50. The standard InChI is InChI=1S/C23H28ClN3O5/c1-5-14(6-2)19-9-17(30-4)10-20(25-19)23-26-22(27-32-23)15-7-13(3)21(18(24)8-15)31-12-16(29)11-28/h7-10,14,16,28-29H,5-6,11-12H2,1-4H3/t16-/m0/s1. The van der Waals surface area contributed by atoms with Crippen LogP contribution in [0.25, 0.3) is 23.0 Å². The number of rotatable bonds is 10. The van der Waals surface area contributed by atoms with Crippen LogP contribution in [0.1, 0.15) is 43.9 Å². The lowest BCUT2D eigenvalue weighted by molar-refractivity contribution is 0.0534. The second-order valence-corrected chi connectivity index (χ2v) is 7.91. The zero-order valence-electron chi connectivity index (χ0n) is 18.6. The van der Waals surface area contributed by atoms with E-state index in [1.165, 1.54) is 0 Å². The van der Waals surface area contributed by atoms with E-state index in [1.54, 1.807) is 19.2 Å². The average molecular weight is 462 g/mol. The summed E-state index contributed by atoms with van der Waals surface area (Å²) in [5, 5.41) is 22.9. The van der Waals surface area contributed by atoms with Gasteiger partial charge in [0.2, 0.25) is 5.82 Å². The Balaban J connectivity index is 1.91.